The van der Waals surface area contributed by atoms with Gasteiger partial charge in [0.05, 0.1) is 5.56 Å². The molecule has 0 bridgehead atoms. The number of halogens is 1. The number of rotatable bonds is 2. The van der Waals surface area contributed by atoms with Gasteiger partial charge in [0.1, 0.15) is 11.4 Å². The second kappa shape index (κ2) is 3.70. The smallest absolute Gasteiger partial charge is 0.357 e. The van der Waals surface area contributed by atoms with Crippen molar-refractivity contribution in [3.63, 3.8) is 0 Å². The highest BCUT2D eigenvalue weighted by atomic mass is 35.5. The summed E-state index contributed by atoms with van der Waals surface area (Å²) in [7, 11) is 0. The van der Waals surface area contributed by atoms with Gasteiger partial charge in [0.2, 0.25) is 5.89 Å². The number of hydrogen-bond acceptors (Lipinski definition) is 4. The molecule has 6 heteroatoms. The maximum Gasteiger partial charge on any atom is 0.357 e. The summed E-state index contributed by atoms with van der Waals surface area (Å²) in [6.45, 7) is 0. The molecule has 0 unspecified atom stereocenters. The van der Waals surface area contributed by atoms with Gasteiger partial charge < -0.3 is 9.52 Å². The van der Waals surface area contributed by atoms with Crippen molar-refractivity contribution in [3.05, 3.63) is 35.4 Å². The lowest BCUT2D eigenvalue weighted by molar-refractivity contribution is 0.0690. The molecule has 0 radical (unpaired) electrons. The fourth-order valence-electron chi connectivity index (χ4n) is 1.01. The lowest BCUT2D eigenvalue weighted by atomic mass is 10.3. The molecule has 0 aromatic carbocycles. The zero-order chi connectivity index (χ0) is 10.8. The largest absolute Gasteiger partial charge is 0.476 e. The molecule has 15 heavy (non-hydrogen) atoms. The van der Waals surface area contributed by atoms with E-state index in [0.717, 1.165) is 6.26 Å². The lowest BCUT2D eigenvalue weighted by Crippen LogP contribution is -1.95. The van der Waals surface area contributed by atoms with Gasteiger partial charge in [-0.1, -0.05) is 11.6 Å². The molecule has 0 saturated heterocycles. The molecule has 1 N–H and O–H groups in total. The monoisotopic (exact) mass is 224 g/mol. The first kappa shape index (κ1) is 9.67. The van der Waals surface area contributed by atoms with Crippen molar-refractivity contribution >= 4 is 17.6 Å². The molecular formula is C9H5ClN2O3. The molecule has 2 aromatic heterocycles. The summed E-state index contributed by atoms with van der Waals surface area (Å²) in [5, 5.41) is 8.98. The van der Waals surface area contributed by atoms with Gasteiger partial charge in [-0.05, 0) is 12.1 Å². The Balaban J connectivity index is 2.37. The summed E-state index contributed by atoms with van der Waals surface area (Å²) >= 11 is 5.60. The highest BCUT2D eigenvalue weighted by Crippen LogP contribution is 2.18. The number of oxazole rings is 1. The summed E-state index contributed by atoms with van der Waals surface area (Å²) in [5.41, 5.74) is 0.437. The lowest BCUT2D eigenvalue weighted by Gasteiger charge is -1.93. The van der Waals surface area contributed by atoms with E-state index in [9.17, 15) is 4.79 Å². The number of pyridine rings is 1. The standard InChI is InChI=1S/C9H5ClN2O3/c10-7-2-1-5(3-11-7)8-12-6(4-15-8)9(13)14/h1-4H,(H,13,14). The third-order valence-electron chi connectivity index (χ3n) is 1.70. The number of hydrogen-bond donors (Lipinski definition) is 1. The van der Waals surface area contributed by atoms with E-state index in [1.54, 1.807) is 12.1 Å². The first-order valence-electron chi connectivity index (χ1n) is 3.97. The van der Waals surface area contributed by atoms with Crippen molar-refractivity contribution < 1.29 is 14.3 Å². The van der Waals surface area contributed by atoms with E-state index < -0.39 is 5.97 Å². The van der Waals surface area contributed by atoms with E-state index >= 15 is 0 Å². The van der Waals surface area contributed by atoms with E-state index in [-0.39, 0.29) is 11.6 Å². The fourth-order valence-corrected chi connectivity index (χ4v) is 1.12. The van der Waals surface area contributed by atoms with Crippen LogP contribution in [0.3, 0.4) is 0 Å². The Bertz CT molecular complexity index is 492. The first-order valence-corrected chi connectivity index (χ1v) is 4.35. The molecule has 0 spiro atoms. The number of aromatic carboxylic acids is 1. The average molecular weight is 225 g/mol. The predicted octanol–water partition coefficient (Wildman–Crippen LogP) is 2.09. The number of nitrogens with zero attached hydrogens (tertiary/aromatic N) is 2. The number of carboxylic acids is 1. The zero-order valence-electron chi connectivity index (χ0n) is 7.35. The van der Waals surface area contributed by atoms with Gasteiger partial charge in [-0.25, -0.2) is 14.8 Å². The van der Waals surface area contributed by atoms with Crippen LogP contribution in [0.2, 0.25) is 5.15 Å². The van der Waals surface area contributed by atoms with Crippen LogP contribution in [0.1, 0.15) is 10.5 Å². The third kappa shape index (κ3) is 1.97. The molecule has 2 heterocycles. The molecule has 0 atom stereocenters. The Morgan fingerprint density at radius 2 is 2.27 bits per heavy atom. The van der Waals surface area contributed by atoms with Crippen molar-refractivity contribution in [2.45, 2.75) is 0 Å². The van der Waals surface area contributed by atoms with Crippen LogP contribution >= 0.6 is 11.6 Å². The SMILES string of the molecule is O=C(O)c1coc(-c2ccc(Cl)nc2)n1. The molecule has 0 fully saturated rings. The third-order valence-corrected chi connectivity index (χ3v) is 1.92. The fraction of sp³-hybridized carbons (Fsp3) is 0. The maximum atomic E-state index is 10.5. The number of aromatic nitrogens is 2. The van der Waals surface area contributed by atoms with E-state index in [0.29, 0.717) is 10.7 Å². The highest BCUT2D eigenvalue weighted by Gasteiger charge is 2.11. The molecule has 0 aliphatic carbocycles. The molecule has 2 aromatic rings. The maximum absolute atomic E-state index is 10.5. The van der Waals surface area contributed by atoms with Crippen molar-refractivity contribution in [1.82, 2.24) is 9.97 Å². The van der Waals surface area contributed by atoms with E-state index in [1.807, 2.05) is 0 Å². The first-order chi connectivity index (χ1) is 7.16. The molecular weight excluding hydrogens is 220 g/mol. The summed E-state index contributed by atoms with van der Waals surface area (Å²) in [4.78, 5) is 18.1. The minimum atomic E-state index is -1.13. The Morgan fingerprint density at radius 3 is 2.80 bits per heavy atom. The van der Waals surface area contributed by atoms with Crippen LogP contribution < -0.4 is 0 Å². The zero-order valence-corrected chi connectivity index (χ0v) is 8.10. The van der Waals surface area contributed by atoms with Crippen molar-refractivity contribution in [2.24, 2.45) is 0 Å². The van der Waals surface area contributed by atoms with Gasteiger partial charge in [-0.3, -0.25) is 0 Å². The average Bonchev–Trinajstić information content (AvgIpc) is 2.68. The van der Waals surface area contributed by atoms with Crippen molar-refractivity contribution in [2.75, 3.05) is 0 Å². The van der Waals surface area contributed by atoms with Crippen LogP contribution in [-0.2, 0) is 0 Å². The van der Waals surface area contributed by atoms with Gasteiger partial charge in [-0.2, -0.15) is 0 Å². The van der Waals surface area contributed by atoms with E-state index in [1.165, 1.54) is 6.20 Å². The second-order valence-electron chi connectivity index (χ2n) is 2.71. The Kier molecular flexibility index (Phi) is 2.39. The molecule has 0 saturated carbocycles. The van der Waals surface area contributed by atoms with Gasteiger partial charge in [0.25, 0.3) is 0 Å². The van der Waals surface area contributed by atoms with Crippen LogP contribution in [0.4, 0.5) is 0 Å². The Labute approximate surface area is 89.3 Å². The minimum Gasteiger partial charge on any atom is -0.476 e. The number of carbonyl (C=O) groups is 1. The van der Waals surface area contributed by atoms with Gasteiger partial charge in [-0.15, -0.1) is 0 Å². The molecule has 0 amide bonds. The predicted molar refractivity (Wildman–Crippen MR) is 51.7 cm³/mol. The molecule has 5 nitrogen and oxygen atoms in total. The highest BCUT2D eigenvalue weighted by molar-refractivity contribution is 6.29. The quantitative estimate of drug-likeness (QED) is 0.791. The van der Waals surface area contributed by atoms with Gasteiger partial charge in [0, 0.05) is 6.20 Å². The van der Waals surface area contributed by atoms with Crippen LogP contribution in [-0.4, -0.2) is 21.0 Å². The second-order valence-corrected chi connectivity index (χ2v) is 3.10. The Hall–Kier alpha value is -1.88. The normalized spacial score (nSPS) is 10.2. The van der Waals surface area contributed by atoms with E-state index in [4.69, 9.17) is 21.1 Å². The Morgan fingerprint density at radius 1 is 1.47 bits per heavy atom. The van der Waals surface area contributed by atoms with Crippen LogP contribution in [0.5, 0.6) is 0 Å². The van der Waals surface area contributed by atoms with Gasteiger partial charge in [0.15, 0.2) is 5.69 Å². The molecule has 0 aliphatic heterocycles. The summed E-state index contributed by atoms with van der Waals surface area (Å²) in [6.07, 6.45) is 2.53. The minimum absolute atomic E-state index is 0.139. The van der Waals surface area contributed by atoms with Crippen LogP contribution in [0.25, 0.3) is 11.5 Å². The van der Waals surface area contributed by atoms with Crippen molar-refractivity contribution in [1.29, 1.82) is 0 Å². The summed E-state index contributed by atoms with van der Waals surface area (Å²) in [5.74, 6) is -0.927. The topological polar surface area (TPSA) is 76.2 Å². The van der Waals surface area contributed by atoms with Crippen molar-refractivity contribution in [3.8, 4) is 11.5 Å². The number of carboxylic acid groups (broad SMARTS) is 1. The molecule has 76 valence electrons. The van der Waals surface area contributed by atoms with Crippen LogP contribution in [0, 0.1) is 0 Å². The molecule has 2 rings (SSSR count). The summed E-state index contributed by atoms with van der Waals surface area (Å²) in [6, 6.07) is 3.22. The summed E-state index contributed by atoms with van der Waals surface area (Å²) < 4.78 is 4.98. The van der Waals surface area contributed by atoms with E-state index in [2.05, 4.69) is 9.97 Å². The van der Waals surface area contributed by atoms with Gasteiger partial charge >= 0.3 is 5.97 Å². The van der Waals surface area contributed by atoms with Crippen LogP contribution in [0.15, 0.2) is 29.0 Å². The molecule has 0 aliphatic rings.